The molecule has 0 bridgehead atoms. The zero-order chi connectivity index (χ0) is 12.4. The molecule has 0 atom stereocenters. The quantitative estimate of drug-likeness (QED) is 0.686. The van der Waals surface area contributed by atoms with Gasteiger partial charge >= 0.3 is 15.6 Å². The van der Waals surface area contributed by atoms with E-state index in [0.29, 0.717) is 5.02 Å². The van der Waals surface area contributed by atoms with Gasteiger partial charge in [0.1, 0.15) is 0 Å². The molecule has 0 saturated carbocycles. The number of hydrogen-bond acceptors (Lipinski definition) is 4. The van der Waals surface area contributed by atoms with Crippen molar-refractivity contribution in [1.29, 1.82) is 0 Å². The van der Waals surface area contributed by atoms with E-state index in [2.05, 4.69) is 4.18 Å². The van der Waals surface area contributed by atoms with Gasteiger partial charge in [0.05, 0.1) is 6.61 Å². The van der Waals surface area contributed by atoms with Crippen molar-refractivity contribution in [3.8, 4) is 0 Å². The predicted molar refractivity (Wildman–Crippen MR) is 56.2 cm³/mol. The van der Waals surface area contributed by atoms with E-state index in [0.717, 1.165) is 0 Å². The molecule has 0 amide bonds. The van der Waals surface area contributed by atoms with Crippen molar-refractivity contribution in [3.63, 3.8) is 0 Å². The van der Waals surface area contributed by atoms with Gasteiger partial charge in [0, 0.05) is 5.02 Å². The fraction of sp³-hybridized carbons (Fsp3) is 0.250. The lowest BCUT2D eigenvalue weighted by molar-refractivity contribution is -0.0547. The lowest BCUT2D eigenvalue weighted by atomic mass is 10.2. The van der Waals surface area contributed by atoms with Gasteiger partial charge in [-0.3, -0.25) is 4.18 Å². The minimum Gasteiger partial charge on any atom is -0.344 e. The second-order valence-electron chi connectivity index (χ2n) is 2.79. The Hall–Kier alpha value is -0.830. The van der Waals surface area contributed by atoms with E-state index in [4.69, 9.17) is 11.6 Å². The molecule has 0 aliphatic rings. The van der Waals surface area contributed by atoms with Crippen LogP contribution < -0.4 is 6.15 Å². The van der Waals surface area contributed by atoms with E-state index >= 15 is 0 Å². The van der Waals surface area contributed by atoms with Crippen LogP contribution in [0, 0.1) is 0 Å². The van der Waals surface area contributed by atoms with Crippen molar-refractivity contribution in [1.82, 2.24) is 6.15 Å². The fourth-order valence-corrected chi connectivity index (χ4v) is 1.34. The van der Waals surface area contributed by atoms with Gasteiger partial charge in [-0.15, -0.1) is 0 Å². The summed E-state index contributed by atoms with van der Waals surface area (Å²) in [5.41, 5.74) is -5.13. The van der Waals surface area contributed by atoms with Crippen molar-refractivity contribution >= 4 is 21.7 Å². The van der Waals surface area contributed by atoms with E-state index in [1.807, 2.05) is 0 Å². The minimum atomic E-state index is -5.54. The summed E-state index contributed by atoms with van der Waals surface area (Å²) in [5, 5.41) is 0.391. The number of halogens is 4. The van der Waals surface area contributed by atoms with Crippen LogP contribution in [0.1, 0.15) is 5.56 Å². The topological polar surface area (TPSA) is 78.4 Å². The molecule has 0 radical (unpaired) electrons. The highest BCUT2D eigenvalue weighted by Gasteiger charge is 2.47. The summed E-state index contributed by atoms with van der Waals surface area (Å²) in [6, 6.07) is 5.57. The van der Waals surface area contributed by atoms with Crippen LogP contribution >= 0.6 is 11.6 Å². The molecule has 4 nitrogen and oxygen atoms in total. The van der Waals surface area contributed by atoms with E-state index in [1.54, 1.807) is 0 Å². The summed E-state index contributed by atoms with van der Waals surface area (Å²) in [6.07, 6.45) is 0. The number of rotatable bonds is 3. The Kier molecular flexibility index (Phi) is 5.40. The maximum Gasteiger partial charge on any atom is 0.523 e. The van der Waals surface area contributed by atoms with Crippen molar-refractivity contribution < 1.29 is 25.8 Å². The third-order valence-corrected chi connectivity index (χ3v) is 2.82. The molecular formula is C8H9ClF3NO3S. The highest BCUT2D eigenvalue weighted by molar-refractivity contribution is 7.87. The van der Waals surface area contributed by atoms with Gasteiger partial charge in [-0.1, -0.05) is 23.7 Å². The van der Waals surface area contributed by atoms with Gasteiger partial charge in [0.2, 0.25) is 0 Å². The third-order valence-electron chi connectivity index (χ3n) is 1.58. The van der Waals surface area contributed by atoms with Crippen LogP contribution in [0.5, 0.6) is 0 Å². The predicted octanol–water partition coefficient (Wildman–Crippen LogP) is 2.87. The first-order chi connectivity index (χ1) is 7.22. The number of benzene rings is 1. The van der Waals surface area contributed by atoms with Crippen LogP contribution in [0.25, 0.3) is 0 Å². The van der Waals surface area contributed by atoms with Crippen molar-refractivity contribution in [2.45, 2.75) is 12.1 Å². The summed E-state index contributed by atoms with van der Waals surface area (Å²) in [6.45, 7) is -0.682. The molecule has 0 aliphatic carbocycles. The first-order valence-corrected chi connectivity index (χ1v) is 5.71. The number of alkyl halides is 3. The van der Waals surface area contributed by atoms with Crippen molar-refractivity contribution in [3.05, 3.63) is 34.9 Å². The summed E-state index contributed by atoms with van der Waals surface area (Å²) < 4.78 is 60.5. The molecule has 1 aromatic rings. The van der Waals surface area contributed by atoms with Gasteiger partial charge in [-0.05, 0) is 17.7 Å². The Morgan fingerprint density at radius 3 is 2.06 bits per heavy atom. The van der Waals surface area contributed by atoms with Gasteiger partial charge < -0.3 is 6.15 Å². The van der Waals surface area contributed by atoms with Crippen molar-refractivity contribution in [2.24, 2.45) is 0 Å². The normalized spacial score (nSPS) is 12.0. The maximum absolute atomic E-state index is 11.9. The Morgan fingerprint density at radius 1 is 1.18 bits per heavy atom. The highest BCUT2D eigenvalue weighted by atomic mass is 35.5. The first kappa shape index (κ1) is 16.2. The molecule has 0 fully saturated rings. The molecule has 0 aromatic heterocycles. The average molecular weight is 292 g/mol. The smallest absolute Gasteiger partial charge is 0.344 e. The molecule has 0 saturated heterocycles. The fourth-order valence-electron chi connectivity index (χ4n) is 0.793. The number of hydrogen-bond donors (Lipinski definition) is 1. The van der Waals surface area contributed by atoms with Crippen LogP contribution in [0.3, 0.4) is 0 Å². The van der Waals surface area contributed by atoms with E-state index < -0.39 is 22.2 Å². The molecule has 1 aromatic carbocycles. The maximum atomic E-state index is 11.9. The van der Waals surface area contributed by atoms with Gasteiger partial charge in [0.25, 0.3) is 0 Å². The van der Waals surface area contributed by atoms with Gasteiger partial charge in [-0.25, -0.2) is 0 Å². The molecule has 98 valence electrons. The molecule has 0 spiro atoms. The first-order valence-electron chi connectivity index (χ1n) is 3.92. The van der Waals surface area contributed by atoms with Crippen LogP contribution in [0.4, 0.5) is 13.2 Å². The SMILES string of the molecule is N.O=S(=O)(OCc1ccc(Cl)cc1)C(F)(F)F. The third kappa shape index (κ3) is 4.50. The van der Waals surface area contributed by atoms with Crippen LogP contribution in [-0.2, 0) is 20.9 Å². The average Bonchev–Trinajstić information content (AvgIpc) is 2.15. The second kappa shape index (κ2) is 5.67. The largest absolute Gasteiger partial charge is 0.523 e. The highest BCUT2D eigenvalue weighted by Crippen LogP contribution is 2.25. The standard InChI is InChI=1S/C8H6ClF3O3S.H3N/c9-7-3-1-6(2-4-7)5-15-16(13,14)8(10,11)12;/h1-4H,5H2;1H3. The molecule has 1 rings (SSSR count). The molecule has 0 unspecified atom stereocenters. The Balaban J connectivity index is 0.00000256. The zero-order valence-corrected chi connectivity index (χ0v) is 9.94. The van der Waals surface area contributed by atoms with Gasteiger partial charge in [-0.2, -0.15) is 21.6 Å². The van der Waals surface area contributed by atoms with E-state index in [1.165, 1.54) is 24.3 Å². The van der Waals surface area contributed by atoms with E-state index in [-0.39, 0.29) is 11.7 Å². The molecule has 3 N–H and O–H groups in total. The van der Waals surface area contributed by atoms with E-state index in [9.17, 15) is 21.6 Å². The Labute approximate surface area is 101 Å². The summed E-state index contributed by atoms with van der Waals surface area (Å²) >= 11 is 5.54. The van der Waals surface area contributed by atoms with Crippen LogP contribution in [-0.4, -0.2) is 13.9 Å². The van der Waals surface area contributed by atoms with Gasteiger partial charge in [0.15, 0.2) is 0 Å². The monoisotopic (exact) mass is 291 g/mol. The lowest BCUT2D eigenvalue weighted by Gasteiger charge is -2.08. The second-order valence-corrected chi connectivity index (χ2v) is 4.83. The molecular weight excluding hydrogens is 283 g/mol. The van der Waals surface area contributed by atoms with Crippen LogP contribution in [0.2, 0.25) is 5.02 Å². The minimum absolute atomic E-state index is 0. The molecule has 0 heterocycles. The summed E-state index contributed by atoms with van der Waals surface area (Å²) in [7, 11) is -5.54. The summed E-state index contributed by atoms with van der Waals surface area (Å²) in [5.74, 6) is 0. The van der Waals surface area contributed by atoms with Crippen LogP contribution in [0.15, 0.2) is 24.3 Å². The molecule has 0 aliphatic heterocycles. The zero-order valence-electron chi connectivity index (χ0n) is 8.37. The molecule has 9 heteroatoms. The Bertz CT molecular complexity index is 458. The molecule has 17 heavy (non-hydrogen) atoms. The summed E-state index contributed by atoms with van der Waals surface area (Å²) in [4.78, 5) is 0. The Morgan fingerprint density at radius 2 is 1.65 bits per heavy atom. The lowest BCUT2D eigenvalue weighted by Crippen LogP contribution is -2.25. The van der Waals surface area contributed by atoms with Crippen molar-refractivity contribution in [2.75, 3.05) is 0 Å².